The Balaban J connectivity index is 4.87. The molecule has 0 spiro atoms. The summed E-state index contributed by atoms with van der Waals surface area (Å²) in [5, 5.41) is 15.5. The Morgan fingerprint density at radius 3 is 2.55 bits per heavy atom. The van der Waals surface area contributed by atoms with Gasteiger partial charge in [0.25, 0.3) is 0 Å². The molecule has 0 fully saturated rings. The van der Waals surface area contributed by atoms with Crippen molar-refractivity contribution in [3.8, 4) is 6.07 Å². The van der Waals surface area contributed by atoms with E-state index in [4.69, 9.17) is 16.4 Å². The molecule has 3 N–H and O–H groups in total. The lowest BCUT2D eigenvalue weighted by molar-refractivity contribution is 1.27. The van der Waals surface area contributed by atoms with Gasteiger partial charge in [-0.15, -0.1) is 0 Å². The summed E-state index contributed by atoms with van der Waals surface area (Å²) >= 11 is 0. The molecule has 0 unspecified atom stereocenters. The summed E-state index contributed by atoms with van der Waals surface area (Å²) in [4.78, 5) is 3.83. The number of amidine groups is 1. The minimum Gasteiger partial charge on any atom is -0.383 e. The van der Waals surface area contributed by atoms with Gasteiger partial charge in [-0.25, -0.2) is 0 Å². The Hall–Kier alpha value is -1.63. The van der Waals surface area contributed by atoms with Gasteiger partial charge in [-0.05, 0) is 13.8 Å². The van der Waals surface area contributed by atoms with Crippen LogP contribution >= 0.6 is 0 Å². The van der Waals surface area contributed by atoms with Crippen LogP contribution in [-0.2, 0) is 0 Å². The number of hydrogen-bond acceptors (Lipinski definition) is 3. The number of allylic oxidation sites excluding steroid dienone is 1. The second kappa shape index (κ2) is 4.23. The molecule has 58 valence electrons. The normalized spacial score (nSPS) is 12.5. The van der Waals surface area contributed by atoms with Crippen LogP contribution in [0.5, 0.6) is 0 Å². The smallest absolute Gasteiger partial charge is 0.135 e. The molecule has 0 amide bonds. The third kappa shape index (κ3) is 2.63. The van der Waals surface area contributed by atoms with Crippen LogP contribution in [0.4, 0.5) is 0 Å². The topological polar surface area (TPSA) is 86.0 Å². The summed E-state index contributed by atoms with van der Waals surface area (Å²) in [6, 6.07) is 1.80. The second-order valence-corrected chi connectivity index (χ2v) is 1.87. The van der Waals surface area contributed by atoms with E-state index in [0.29, 0.717) is 5.70 Å². The van der Waals surface area contributed by atoms with Gasteiger partial charge < -0.3 is 5.73 Å². The fourth-order valence-corrected chi connectivity index (χ4v) is 0.594. The maximum Gasteiger partial charge on any atom is 0.135 e. The molecule has 0 aliphatic carbocycles. The van der Waals surface area contributed by atoms with E-state index in [2.05, 4.69) is 4.99 Å². The Morgan fingerprint density at radius 2 is 2.27 bits per heavy atom. The van der Waals surface area contributed by atoms with Gasteiger partial charge in [-0.2, -0.15) is 5.26 Å². The van der Waals surface area contributed by atoms with E-state index in [0.717, 1.165) is 0 Å². The minimum atomic E-state index is -0.240. The molecule has 0 saturated carbocycles. The number of nitrogens with two attached hydrogens (primary N) is 1. The highest BCUT2D eigenvalue weighted by Crippen LogP contribution is 2.02. The van der Waals surface area contributed by atoms with Crippen LogP contribution in [0.3, 0.4) is 0 Å². The lowest BCUT2D eigenvalue weighted by Crippen LogP contribution is -2.12. The van der Waals surface area contributed by atoms with Gasteiger partial charge in [0.15, 0.2) is 0 Å². The average molecular weight is 150 g/mol. The highest BCUT2D eigenvalue weighted by Gasteiger charge is 2.02. The molecule has 0 aromatic rings. The zero-order valence-electron chi connectivity index (χ0n) is 6.55. The number of nitrogens with one attached hydrogen (secondary N) is 1. The summed E-state index contributed by atoms with van der Waals surface area (Å²) in [7, 11) is 0. The third-order valence-corrected chi connectivity index (χ3v) is 1.07. The maximum absolute atomic E-state index is 8.49. The van der Waals surface area contributed by atoms with Crippen LogP contribution in [0, 0.1) is 16.7 Å². The first-order valence-electron chi connectivity index (χ1n) is 3.07. The van der Waals surface area contributed by atoms with Crippen molar-refractivity contribution in [2.45, 2.75) is 13.8 Å². The zero-order chi connectivity index (χ0) is 8.85. The van der Waals surface area contributed by atoms with E-state index in [-0.39, 0.29) is 11.4 Å². The number of hydrogen-bond donors (Lipinski definition) is 2. The monoisotopic (exact) mass is 150 g/mol. The molecule has 0 bridgehead atoms. The molecule has 0 aromatic heterocycles. The highest BCUT2D eigenvalue weighted by atomic mass is 14.8. The number of aliphatic imine (C=N–C) groups is 1. The van der Waals surface area contributed by atoms with Gasteiger partial charge in [-0.1, -0.05) is 0 Å². The van der Waals surface area contributed by atoms with Gasteiger partial charge in [-0.3, -0.25) is 10.4 Å². The SMILES string of the molecule is CC=N/C(C)=C(/C#N)C(=N)N. The summed E-state index contributed by atoms with van der Waals surface area (Å²) in [5.41, 5.74) is 5.71. The average Bonchev–Trinajstić information content (AvgIpc) is 1.88. The van der Waals surface area contributed by atoms with Crippen LogP contribution < -0.4 is 5.73 Å². The molecule has 11 heavy (non-hydrogen) atoms. The Labute approximate surface area is 65.6 Å². The van der Waals surface area contributed by atoms with Crippen molar-refractivity contribution in [3.05, 3.63) is 11.3 Å². The van der Waals surface area contributed by atoms with E-state index in [1.54, 1.807) is 26.1 Å². The lowest BCUT2D eigenvalue weighted by atomic mass is 10.2. The number of nitrogens with zero attached hydrogens (tertiary/aromatic N) is 2. The van der Waals surface area contributed by atoms with Gasteiger partial charge in [0.2, 0.25) is 0 Å². The first-order chi connectivity index (χ1) is 5.13. The molecule has 0 rings (SSSR count). The molecular formula is C7H10N4. The van der Waals surface area contributed by atoms with Gasteiger partial charge in [0, 0.05) is 6.21 Å². The molecule has 4 heteroatoms. The van der Waals surface area contributed by atoms with E-state index in [9.17, 15) is 0 Å². The quantitative estimate of drug-likeness (QED) is 0.346. The fraction of sp³-hybridized carbons (Fsp3) is 0.286. The summed E-state index contributed by atoms with van der Waals surface area (Å²) in [6.45, 7) is 3.37. The Kier molecular flexibility index (Phi) is 3.60. The zero-order valence-corrected chi connectivity index (χ0v) is 6.55. The maximum atomic E-state index is 8.49. The Bertz CT molecular complexity index is 254. The number of rotatable bonds is 2. The van der Waals surface area contributed by atoms with Crippen molar-refractivity contribution in [2.75, 3.05) is 0 Å². The van der Waals surface area contributed by atoms with E-state index >= 15 is 0 Å². The van der Waals surface area contributed by atoms with Crippen molar-refractivity contribution >= 4 is 12.1 Å². The van der Waals surface area contributed by atoms with Crippen LogP contribution in [0.1, 0.15) is 13.8 Å². The van der Waals surface area contributed by atoms with E-state index in [1.165, 1.54) is 0 Å². The van der Waals surface area contributed by atoms with Crippen LogP contribution in [0.25, 0.3) is 0 Å². The summed E-state index contributed by atoms with van der Waals surface area (Å²) in [5.74, 6) is -0.240. The molecule has 0 saturated heterocycles. The van der Waals surface area contributed by atoms with Crippen molar-refractivity contribution in [3.63, 3.8) is 0 Å². The summed E-state index contributed by atoms with van der Waals surface area (Å²) in [6.07, 6.45) is 1.55. The predicted octanol–water partition coefficient (Wildman–Crippen LogP) is 0.811. The molecule has 4 nitrogen and oxygen atoms in total. The second-order valence-electron chi connectivity index (χ2n) is 1.87. The largest absolute Gasteiger partial charge is 0.383 e. The third-order valence-electron chi connectivity index (χ3n) is 1.07. The van der Waals surface area contributed by atoms with Crippen molar-refractivity contribution in [1.82, 2.24) is 0 Å². The van der Waals surface area contributed by atoms with Crippen LogP contribution in [0.15, 0.2) is 16.3 Å². The predicted molar refractivity (Wildman–Crippen MR) is 44.4 cm³/mol. The first-order valence-corrected chi connectivity index (χ1v) is 3.07. The minimum absolute atomic E-state index is 0.128. The molecule has 0 radical (unpaired) electrons. The van der Waals surface area contributed by atoms with Crippen LogP contribution in [-0.4, -0.2) is 12.1 Å². The van der Waals surface area contributed by atoms with Crippen molar-refractivity contribution < 1.29 is 0 Å². The summed E-state index contributed by atoms with van der Waals surface area (Å²) < 4.78 is 0. The first kappa shape index (κ1) is 9.37. The van der Waals surface area contributed by atoms with Crippen molar-refractivity contribution in [1.29, 1.82) is 10.7 Å². The van der Waals surface area contributed by atoms with Gasteiger partial charge in [0.1, 0.15) is 17.5 Å². The van der Waals surface area contributed by atoms with Crippen LogP contribution in [0.2, 0.25) is 0 Å². The van der Waals surface area contributed by atoms with Gasteiger partial charge in [0.05, 0.1) is 5.70 Å². The van der Waals surface area contributed by atoms with Gasteiger partial charge >= 0.3 is 0 Å². The molecule has 0 aliphatic rings. The molecular weight excluding hydrogens is 140 g/mol. The number of nitriles is 1. The van der Waals surface area contributed by atoms with E-state index < -0.39 is 0 Å². The van der Waals surface area contributed by atoms with E-state index in [1.807, 2.05) is 0 Å². The Morgan fingerprint density at radius 1 is 1.73 bits per heavy atom. The molecule has 0 aliphatic heterocycles. The van der Waals surface area contributed by atoms with Crippen molar-refractivity contribution in [2.24, 2.45) is 10.7 Å². The lowest BCUT2D eigenvalue weighted by Gasteiger charge is -1.95. The molecule has 0 aromatic carbocycles. The molecule has 0 heterocycles. The standard InChI is InChI=1S/C7H10N4/c1-3-11-5(2)6(4-8)7(9)10/h3H,1-2H3,(H3,9,10)/b6-5-,11-3?. The fourth-order valence-electron chi connectivity index (χ4n) is 0.594. The highest BCUT2D eigenvalue weighted by molar-refractivity contribution is 5.98. The molecule has 0 atom stereocenters.